The molecule has 0 radical (unpaired) electrons. The maximum Gasteiger partial charge on any atom is 0.253 e. The number of carbonyl (C=O) groups excluding carboxylic acids is 1. The van der Waals surface area contributed by atoms with Crippen LogP contribution in [-0.4, -0.2) is 43.6 Å². The summed E-state index contributed by atoms with van der Waals surface area (Å²) >= 11 is 0. The number of ether oxygens (including phenoxy) is 2. The van der Waals surface area contributed by atoms with Crippen molar-refractivity contribution in [3.8, 4) is 5.75 Å². The van der Waals surface area contributed by atoms with E-state index in [0.717, 1.165) is 16.9 Å². The Morgan fingerprint density at radius 3 is 2.36 bits per heavy atom. The highest BCUT2D eigenvalue weighted by Crippen LogP contribution is 2.24. The molecule has 0 unspecified atom stereocenters. The second kappa shape index (κ2) is 11.0. The largest absolute Gasteiger partial charge is 0.494 e. The van der Waals surface area contributed by atoms with Gasteiger partial charge in [-0.1, -0.05) is 42.5 Å². The van der Waals surface area contributed by atoms with Gasteiger partial charge in [-0.25, -0.2) is 4.39 Å². The van der Waals surface area contributed by atoms with E-state index in [4.69, 9.17) is 9.47 Å². The Kier molecular flexibility index (Phi) is 7.58. The molecule has 1 fully saturated rings. The lowest BCUT2D eigenvalue weighted by Crippen LogP contribution is -2.49. The van der Waals surface area contributed by atoms with Crippen LogP contribution < -0.4 is 9.64 Å². The fourth-order valence-corrected chi connectivity index (χ4v) is 4.02. The number of anilines is 1. The highest BCUT2D eigenvalue weighted by molar-refractivity contribution is 5.94. The van der Waals surface area contributed by atoms with Gasteiger partial charge in [-0.3, -0.25) is 4.79 Å². The summed E-state index contributed by atoms with van der Waals surface area (Å²) in [6.45, 7) is 5.59. The Balaban J connectivity index is 1.41. The second-order valence-electron chi connectivity index (χ2n) is 7.96. The van der Waals surface area contributed by atoms with Crippen LogP contribution in [0.4, 0.5) is 10.1 Å². The third-order valence-electron chi connectivity index (χ3n) is 5.74. The summed E-state index contributed by atoms with van der Waals surface area (Å²) in [6, 6.07) is 22.2. The summed E-state index contributed by atoms with van der Waals surface area (Å²) in [7, 11) is 0. The van der Waals surface area contributed by atoms with E-state index in [0.29, 0.717) is 57.3 Å². The van der Waals surface area contributed by atoms with Crippen molar-refractivity contribution in [1.82, 2.24) is 4.90 Å². The molecule has 4 rings (SSSR count). The molecule has 1 aliphatic heterocycles. The molecule has 6 heteroatoms. The van der Waals surface area contributed by atoms with Gasteiger partial charge in [0.25, 0.3) is 5.91 Å². The molecule has 1 saturated heterocycles. The summed E-state index contributed by atoms with van der Waals surface area (Å²) in [4.78, 5) is 17.0. The number of nitrogens with zero attached hydrogens (tertiary/aromatic N) is 2. The van der Waals surface area contributed by atoms with Crippen LogP contribution in [-0.2, 0) is 18.0 Å². The number of rotatable bonds is 8. The number of halogens is 1. The van der Waals surface area contributed by atoms with Gasteiger partial charge in [-0.2, -0.15) is 0 Å². The van der Waals surface area contributed by atoms with Crippen molar-refractivity contribution in [1.29, 1.82) is 0 Å². The molecule has 0 saturated carbocycles. The van der Waals surface area contributed by atoms with Gasteiger partial charge < -0.3 is 19.3 Å². The number of benzene rings is 3. The van der Waals surface area contributed by atoms with Crippen LogP contribution in [0.15, 0.2) is 72.8 Å². The van der Waals surface area contributed by atoms with Gasteiger partial charge >= 0.3 is 0 Å². The van der Waals surface area contributed by atoms with Crippen LogP contribution in [0.1, 0.15) is 28.4 Å². The zero-order chi connectivity index (χ0) is 23.0. The molecular formula is C27H29FN2O3. The Morgan fingerprint density at radius 2 is 1.64 bits per heavy atom. The third-order valence-corrected chi connectivity index (χ3v) is 5.74. The van der Waals surface area contributed by atoms with Crippen molar-refractivity contribution in [2.75, 3.05) is 37.7 Å². The van der Waals surface area contributed by atoms with Crippen LogP contribution in [0, 0.1) is 5.82 Å². The number of carbonyl (C=O) groups is 1. The SMILES string of the molecule is CCOc1ccc(C(=O)N2CCN(c3ccccc3F)CC2)cc1COCc1ccccc1. The van der Waals surface area contributed by atoms with Crippen molar-refractivity contribution in [3.63, 3.8) is 0 Å². The van der Waals surface area contributed by atoms with Crippen molar-refractivity contribution in [2.24, 2.45) is 0 Å². The Labute approximate surface area is 194 Å². The maximum absolute atomic E-state index is 14.1. The summed E-state index contributed by atoms with van der Waals surface area (Å²) in [5, 5.41) is 0. The molecule has 1 amide bonds. The van der Waals surface area contributed by atoms with E-state index in [9.17, 15) is 9.18 Å². The summed E-state index contributed by atoms with van der Waals surface area (Å²) < 4.78 is 25.8. The molecule has 0 bridgehead atoms. The van der Waals surface area contributed by atoms with E-state index in [1.807, 2.05) is 65.3 Å². The van der Waals surface area contributed by atoms with E-state index < -0.39 is 0 Å². The molecule has 0 atom stereocenters. The molecule has 1 heterocycles. The molecular weight excluding hydrogens is 419 g/mol. The number of piperazine rings is 1. The number of hydrogen-bond acceptors (Lipinski definition) is 4. The van der Waals surface area contributed by atoms with Gasteiger partial charge in [0.15, 0.2) is 0 Å². The summed E-state index contributed by atoms with van der Waals surface area (Å²) in [5.41, 5.74) is 3.14. The average molecular weight is 449 g/mol. The van der Waals surface area contributed by atoms with Crippen LogP contribution in [0.2, 0.25) is 0 Å². The van der Waals surface area contributed by atoms with Crippen molar-refractivity contribution >= 4 is 11.6 Å². The predicted octanol–water partition coefficient (Wildman–Crippen LogP) is 4.90. The lowest BCUT2D eigenvalue weighted by atomic mass is 10.1. The quantitative estimate of drug-likeness (QED) is 0.491. The second-order valence-corrected chi connectivity index (χ2v) is 7.96. The molecule has 0 N–H and O–H groups in total. The fraction of sp³-hybridized carbons (Fsp3) is 0.296. The lowest BCUT2D eigenvalue weighted by Gasteiger charge is -2.36. The number of hydrogen-bond donors (Lipinski definition) is 0. The normalized spacial score (nSPS) is 13.8. The first-order chi connectivity index (χ1) is 16.2. The lowest BCUT2D eigenvalue weighted by molar-refractivity contribution is 0.0745. The molecule has 3 aromatic rings. The van der Waals surface area contributed by atoms with Gasteiger partial charge in [-0.15, -0.1) is 0 Å². The van der Waals surface area contributed by atoms with Crippen molar-refractivity contribution < 1.29 is 18.7 Å². The molecule has 3 aromatic carbocycles. The monoisotopic (exact) mass is 448 g/mol. The zero-order valence-corrected chi connectivity index (χ0v) is 18.9. The van der Waals surface area contributed by atoms with Crippen molar-refractivity contribution in [2.45, 2.75) is 20.1 Å². The minimum atomic E-state index is -0.232. The number of para-hydroxylation sites is 1. The molecule has 172 valence electrons. The third kappa shape index (κ3) is 5.71. The van der Waals surface area contributed by atoms with Gasteiger partial charge in [0, 0.05) is 37.3 Å². The minimum absolute atomic E-state index is 0.0319. The van der Waals surface area contributed by atoms with E-state index in [2.05, 4.69) is 0 Å². The number of amides is 1. The van der Waals surface area contributed by atoms with Gasteiger partial charge in [0.05, 0.1) is 25.5 Å². The molecule has 0 spiro atoms. The van der Waals surface area contributed by atoms with Crippen LogP contribution >= 0.6 is 0 Å². The average Bonchev–Trinajstić information content (AvgIpc) is 2.86. The molecule has 0 aliphatic carbocycles. The highest BCUT2D eigenvalue weighted by Gasteiger charge is 2.24. The minimum Gasteiger partial charge on any atom is -0.494 e. The zero-order valence-electron chi connectivity index (χ0n) is 18.9. The van der Waals surface area contributed by atoms with Crippen molar-refractivity contribution in [3.05, 3.63) is 95.3 Å². The Morgan fingerprint density at radius 1 is 0.909 bits per heavy atom. The predicted molar refractivity (Wildman–Crippen MR) is 127 cm³/mol. The summed E-state index contributed by atoms with van der Waals surface area (Å²) in [6.07, 6.45) is 0. The first kappa shape index (κ1) is 22.8. The Bertz CT molecular complexity index is 1070. The molecule has 1 aliphatic rings. The molecule has 33 heavy (non-hydrogen) atoms. The first-order valence-electron chi connectivity index (χ1n) is 11.3. The maximum atomic E-state index is 14.1. The van der Waals surface area contributed by atoms with Crippen LogP contribution in [0.5, 0.6) is 5.75 Å². The van der Waals surface area contributed by atoms with Crippen LogP contribution in [0.3, 0.4) is 0 Å². The summed E-state index contributed by atoms with van der Waals surface area (Å²) in [5.74, 6) is 0.464. The first-order valence-corrected chi connectivity index (χ1v) is 11.3. The topological polar surface area (TPSA) is 42.0 Å². The fourth-order valence-electron chi connectivity index (χ4n) is 4.02. The smallest absolute Gasteiger partial charge is 0.253 e. The van der Waals surface area contributed by atoms with E-state index in [1.54, 1.807) is 18.2 Å². The standard InChI is InChI=1S/C27H29FN2O3/c1-2-33-26-13-12-22(18-23(26)20-32-19-21-8-4-3-5-9-21)27(31)30-16-14-29(15-17-30)25-11-7-6-10-24(25)28/h3-13,18H,2,14-17,19-20H2,1H3. The van der Waals surface area contributed by atoms with E-state index in [-0.39, 0.29) is 11.7 Å². The van der Waals surface area contributed by atoms with Gasteiger partial charge in [0.1, 0.15) is 11.6 Å². The molecule has 5 nitrogen and oxygen atoms in total. The van der Waals surface area contributed by atoms with Crippen LogP contribution in [0.25, 0.3) is 0 Å². The molecule has 0 aromatic heterocycles. The van der Waals surface area contributed by atoms with Gasteiger partial charge in [0.2, 0.25) is 0 Å². The Hall–Kier alpha value is -3.38. The van der Waals surface area contributed by atoms with E-state index >= 15 is 0 Å². The van der Waals surface area contributed by atoms with Gasteiger partial charge in [-0.05, 0) is 42.8 Å². The highest BCUT2D eigenvalue weighted by atomic mass is 19.1. The van der Waals surface area contributed by atoms with E-state index in [1.165, 1.54) is 6.07 Å².